The number of guanidine groups is 1. The average Bonchev–Trinajstić information content (AvgIpc) is 2.93. The number of nitrogens with one attached hydrogen (secondary N) is 1. The number of piperidine rings is 1. The van der Waals surface area contributed by atoms with Crippen LogP contribution in [-0.4, -0.2) is 75.7 Å². The van der Waals surface area contributed by atoms with Crippen LogP contribution >= 0.6 is 0 Å². The number of amides is 1. The minimum Gasteiger partial charge on any atom is -0.493 e. The van der Waals surface area contributed by atoms with Gasteiger partial charge in [-0.3, -0.25) is 9.79 Å². The molecule has 2 aromatic carbocycles. The minimum atomic E-state index is -4.18. The third-order valence-electron chi connectivity index (χ3n) is 7.14. The molecule has 2 aromatic rings. The van der Waals surface area contributed by atoms with Gasteiger partial charge in [0.05, 0.1) is 19.1 Å². The molecule has 1 aliphatic rings. The zero-order valence-electron chi connectivity index (χ0n) is 23.1. The Morgan fingerprint density at radius 1 is 1.15 bits per heavy atom. The Bertz CT molecular complexity index is 1340. The van der Waals surface area contributed by atoms with Gasteiger partial charge in [0.15, 0.2) is 17.5 Å². The standard InChI is InChI=1S/C27H39N5O7S/c1-4-6-17-10-12-32(22(13-17)26(34)35)25(33)21(7-5-11-30-27(28)29)31-40(36,37)20-9-8-18-15-23(38-2)24(39-3)16-19(18)14-20/h8-9,14-17,21-22,31H,4-7,10-13H2,1-3H3,(H,34,35)(H4,28,29,30). The summed E-state index contributed by atoms with van der Waals surface area (Å²) in [5.41, 5.74) is 10.8. The molecule has 6 N–H and O–H groups in total. The Kier molecular flexibility index (Phi) is 10.6. The fourth-order valence-corrected chi connectivity index (χ4v) is 6.38. The third kappa shape index (κ3) is 7.54. The molecule has 12 nitrogen and oxygen atoms in total. The molecule has 3 rings (SSSR count). The van der Waals surface area contributed by atoms with Crippen LogP contribution in [0.4, 0.5) is 0 Å². The summed E-state index contributed by atoms with van der Waals surface area (Å²) in [7, 11) is -1.18. The van der Waals surface area contributed by atoms with E-state index in [1.165, 1.54) is 31.3 Å². The van der Waals surface area contributed by atoms with E-state index in [0.29, 0.717) is 36.1 Å². The van der Waals surface area contributed by atoms with Gasteiger partial charge in [-0.15, -0.1) is 0 Å². The van der Waals surface area contributed by atoms with Gasteiger partial charge in [-0.25, -0.2) is 13.2 Å². The topological polar surface area (TPSA) is 187 Å². The van der Waals surface area contributed by atoms with E-state index in [-0.39, 0.29) is 36.3 Å². The number of fused-ring (bicyclic) bond motifs is 1. The molecule has 1 saturated heterocycles. The summed E-state index contributed by atoms with van der Waals surface area (Å²) in [6.45, 7) is 2.46. The summed E-state index contributed by atoms with van der Waals surface area (Å²) >= 11 is 0. The molecule has 0 spiro atoms. The molecule has 13 heteroatoms. The SMILES string of the molecule is CCCC1CCN(C(=O)C(CCCN=C(N)N)NS(=O)(=O)c2ccc3cc(OC)c(OC)cc3c2)C(C(=O)O)C1. The quantitative estimate of drug-likeness (QED) is 0.157. The fraction of sp³-hybridized carbons (Fsp3) is 0.519. The zero-order valence-corrected chi connectivity index (χ0v) is 23.9. The second kappa shape index (κ2) is 13.7. The largest absolute Gasteiger partial charge is 0.493 e. The fourth-order valence-electron chi connectivity index (χ4n) is 5.12. The van der Waals surface area contributed by atoms with E-state index in [1.807, 2.05) is 6.92 Å². The minimum absolute atomic E-state index is 0.0503. The lowest BCUT2D eigenvalue weighted by Gasteiger charge is -2.39. The maximum atomic E-state index is 13.7. The monoisotopic (exact) mass is 577 g/mol. The highest BCUT2D eigenvalue weighted by Crippen LogP contribution is 2.33. The number of rotatable bonds is 13. The Hall–Kier alpha value is -3.58. The summed E-state index contributed by atoms with van der Waals surface area (Å²) < 4.78 is 40.2. The molecule has 0 saturated carbocycles. The van der Waals surface area contributed by atoms with Gasteiger partial charge < -0.3 is 30.9 Å². The van der Waals surface area contributed by atoms with Crippen LogP contribution in [0.25, 0.3) is 10.8 Å². The number of hydrogen-bond donors (Lipinski definition) is 4. The van der Waals surface area contributed by atoms with E-state index in [4.69, 9.17) is 20.9 Å². The van der Waals surface area contributed by atoms with Crippen molar-refractivity contribution in [2.24, 2.45) is 22.4 Å². The van der Waals surface area contributed by atoms with Crippen molar-refractivity contribution in [3.05, 3.63) is 30.3 Å². The first-order chi connectivity index (χ1) is 19.0. The van der Waals surface area contributed by atoms with E-state index in [9.17, 15) is 23.1 Å². The Morgan fingerprint density at radius 3 is 2.42 bits per heavy atom. The number of methoxy groups -OCH3 is 2. The van der Waals surface area contributed by atoms with Gasteiger partial charge in [-0.2, -0.15) is 4.72 Å². The molecule has 40 heavy (non-hydrogen) atoms. The van der Waals surface area contributed by atoms with Gasteiger partial charge in [-0.05, 0) is 66.6 Å². The lowest BCUT2D eigenvalue weighted by atomic mass is 9.87. The normalized spacial score (nSPS) is 18.2. The van der Waals surface area contributed by atoms with Crippen LogP contribution in [0.1, 0.15) is 45.4 Å². The van der Waals surface area contributed by atoms with Crippen molar-refractivity contribution < 1.29 is 32.6 Å². The predicted octanol–water partition coefficient (Wildman–Crippen LogP) is 2.05. The number of hydrogen-bond acceptors (Lipinski definition) is 7. The lowest BCUT2D eigenvalue weighted by Crippen LogP contribution is -2.56. The van der Waals surface area contributed by atoms with E-state index >= 15 is 0 Å². The van der Waals surface area contributed by atoms with Crippen molar-refractivity contribution in [3.63, 3.8) is 0 Å². The first-order valence-electron chi connectivity index (χ1n) is 13.3. The van der Waals surface area contributed by atoms with Gasteiger partial charge in [-0.1, -0.05) is 25.8 Å². The molecule has 0 radical (unpaired) electrons. The maximum absolute atomic E-state index is 13.7. The molecular weight excluding hydrogens is 538 g/mol. The number of aliphatic imine (C=N–C) groups is 1. The summed E-state index contributed by atoms with van der Waals surface area (Å²) in [4.78, 5) is 31.0. The van der Waals surface area contributed by atoms with Crippen LogP contribution in [-0.2, 0) is 19.6 Å². The molecule has 0 bridgehead atoms. The van der Waals surface area contributed by atoms with Crippen LogP contribution < -0.4 is 25.7 Å². The number of carbonyl (C=O) groups excluding carboxylic acids is 1. The number of nitrogens with zero attached hydrogens (tertiary/aromatic N) is 2. The zero-order chi connectivity index (χ0) is 29.4. The van der Waals surface area contributed by atoms with Crippen molar-refractivity contribution in [1.82, 2.24) is 9.62 Å². The summed E-state index contributed by atoms with van der Waals surface area (Å²) in [5.74, 6) is -0.656. The summed E-state index contributed by atoms with van der Waals surface area (Å²) in [6, 6.07) is 5.74. The van der Waals surface area contributed by atoms with Crippen molar-refractivity contribution in [2.45, 2.75) is 62.4 Å². The molecule has 0 aliphatic carbocycles. The molecule has 0 aromatic heterocycles. The smallest absolute Gasteiger partial charge is 0.326 e. The van der Waals surface area contributed by atoms with Crippen LogP contribution in [0.5, 0.6) is 11.5 Å². The third-order valence-corrected chi connectivity index (χ3v) is 8.61. The molecule has 1 heterocycles. The van der Waals surface area contributed by atoms with Gasteiger partial charge in [0, 0.05) is 13.1 Å². The number of ether oxygens (including phenoxy) is 2. The Balaban J connectivity index is 1.91. The van der Waals surface area contributed by atoms with Crippen molar-refractivity contribution >= 4 is 38.6 Å². The number of benzene rings is 2. The van der Waals surface area contributed by atoms with E-state index in [2.05, 4.69) is 9.71 Å². The first kappa shape index (κ1) is 31.0. The number of nitrogens with two attached hydrogens (primary N) is 2. The number of aliphatic carboxylic acids is 1. The second-order valence-electron chi connectivity index (χ2n) is 9.90. The number of carboxylic acid groups (broad SMARTS) is 1. The molecular formula is C27H39N5O7S. The highest BCUT2D eigenvalue weighted by atomic mass is 32.2. The molecule has 3 unspecified atom stereocenters. The maximum Gasteiger partial charge on any atom is 0.326 e. The van der Waals surface area contributed by atoms with Crippen LogP contribution in [0.3, 0.4) is 0 Å². The van der Waals surface area contributed by atoms with Crippen molar-refractivity contribution in [1.29, 1.82) is 0 Å². The van der Waals surface area contributed by atoms with E-state index in [1.54, 1.807) is 18.2 Å². The van der Waals surface area contributed by atoms with E-state index < -0.39 is 34.0 Å². The number of sulfonamides is 1. The van der Waals surface area contributed by atoms with E-state index in [0.717, 1.165) is 18.2 Å². The van der Waals surface area contributed by atoms with Crippen LogP contribution in [0.2, 0.25) is 0 Å². The van der Waals surface area contributed by atoms with Crippen molar-refractivity contribution in [3.8, 4) is 11.5 Å². The highest BCUT2D eigenvalue weighted by Gasteiger charge is 2.39. The van der Waals surface area contributed by atoms with Crippen LogP contribution in [0.15, 0.2) is 40.2 Å². The van der Waals surface area contributed by atoms with Gasteiger partial charge >= 0.3 is 5.97 Å². The molecule has 1 amide bonds. The first-order valence-corrected chi connectivity index (χ1v) is 14.8. The number of likely N-dealkylation sites (tertiary alicyclic amines) is 1. The number of carboxylic acids is 1. The lowest BCUT2D eigenvalue weighted by molar-refractivity contribution is -0.154. The molecule has 1 fully saturated rings. The molecule has 1 aliphatic heterocycles. The Labute approximate surface area is 234 Å². The van der Waals surface area contributed by atoms with Gasteiger partial charge in [0.2, 0.25) is 15.9 Å². The predicted molar refractivity (Wildman–Crippen MR) is 152 cm³/mol. The average molecular weight is 578 g/mol. The summed E-state index contributed by atoms with van der Waals surface area (Å²) in [5, 5.41) is 11.2. The number of carbonyl (C=O) groups is 2. The second-order valence-corrected chi connectivity index (χ2v) is 11.6. The van der Waals surface area contributed by atoms with Crippen LogP contribution in [0, 0.1) is 5.92 Å². The summed E-state index contributed by atoms with van der Waals surface area (Å²) in [6.07, 6.45) is 3.16. The highest BCUT2D eigenvalue weighted by molar-refractivity contribution is 7.89. The van der Waals surface area contributed by atoms with Gasteiger partial charge in [0.25, 0.3) is 0 Å². The van der Waals surface area contributed by atoms with Crippen molar-refractivity contribution in [2.75, 3.05) is 27.3 Å². The Morgan fingerprint density at radius 2 is 1.82 bits per heavy atom. The molecule has 220 valence electrons. The molecule has 3 atom stereocenters. The van der Waals surface area contributed by atoms with Gasteiger partial charge in [0.1, 0.15) is 12.1 Å².